The fourth-order valence-electron chi connectivity index (χ4n) is 10.2. The first-order valence-electron chi connectivity index (χ1n) is 23.3. The second kappa shape index (κ2) is 16.3. The monoisotopic (exact) mass is 882 g/mol. The summed E-state index contributed by atoms with van der Waals surface area (Å²) in [5.74, 6) is 0. The lowest BCUT2D eigenvalue weighted by atomic mass is 9.91. The Morgan fingerprint density at radius 3 is 1.39 bits per heavy atom. The Kier molecular flexibility index (Phi) is 9.51. The predicted octanol–water partition coefficient (Wildman–Crippen LogP) is 18.1. The molecule has 324 valence electrons. The number of rotatable bonds is 8. The highest BCUT2D eigenvalue weighted by Crippen LogP contribution is 2.40. The average molecular weight is 883 g/mol. The molecule has 0 saturated heterocycles. The third-order valence-electron chi connectivity index (χ3n) is 13.7. The first-order chi connectivity index (χ1) is 34.0. The van der Waals surface area contributed by atoms with E-state index in [-0.39, 0.29) is 0 Å². The predicted molar refractivity (Wildman–Crippen MR) is 289 cm³/mol. The van der Waals surface area contributed by atoms with E-state index in [9.17, 15) is 0 Å². The summed E-state index contributed by atoms with van der Waals surface area (Å²) in [6, 6.07) is 69.1. The van der Waals surface area contributed by atoms with E-state index in [1.165, 1.54) is 0 Å². The number of hydrogen-bond donors (Lipinski definition) is 0. The number of benzene rings is 10. The maximum absolute atomic E-state index is 6.23. The van der Waals surface area contributed by atoms with Crippen LogP contribution in [0.2, 0.25) is 0 Å². The number of nitrogens with zero attached hydrogens (tertiary/aromatic N) is 2. The van der Waals surface area contributed by atoms with Crippen molar-refractivity contribution >= 4 is 87.6 Å². The molecule has 0 aliphatic heterocycles. The van der Waals surface area contributed by atoms with Gasteiger partial charge in [-0.3, -0.25) is 9.97 Å². The summed E-state index contributed by atoms with van der Waals surface area (Å²) in [6.07, 6.45) is 9.77. The van der Waals surface area contributed by atoms with Crippen molar-refractivity contribution in [3.8, 4) is 44.5 Å². The maximum Gasteiger partial charge on any atom is 0.136 e. The highest BCUT2D eigenvalue weighted by Gasteiger charge is 2.16. The van der Waals surface area contributed by atoms with Gasteiger partial charge in [0.1, 0.15) is 22.3 Å². The van der Waals surface area contributed by atoms with Crippen LogP contribution >= 0.6 is 0 Å². The Morgan fingerprint density at radius 1 is 0.377 bits per heavy atom. The maximum atomic E-state index is 6.23. The van der Waals surface area contributed by atoms with Gasteiger partial charge in [0.15, 0.2) is 0 Å². The van der Waals surface area contributed by atoms with Gasteiger partial charge in [-0.25, -0.2) is 0 Å². The summed E-state index contributed by atoms with van der Waals surface area (Å²) in [5, 5.41) is 8.93. The van der Waals surface area contributed by atoms with Crippen LogP contribution in [0.15, 0.2) is 240 Å². The molecule has 13 aromatic rings. The average Bonchev–Trinajstić information content (AvgIpc) is 3.98. The second-order valence-corrected chi connectivity index (χ2v) is 17.8. The van der Waals surface area contributed by atoms with Crippen molar-refractivity contribution < 1.29 is 8.83 Å². The Labute approximate surface area is 398 Å². The minimum Gasteiger partial charge on any atom is -0.456 e. The van der Waals surface area contributed by atoms with E-state index in [0.29, 0.717) is 0 Å². The van der Waals surface area contributed by atoms with Crippen LogP contribution in [0.1, 0.15) is 18.1 Å². The molecule has 69 heavy (non-hydrogen) atoms. The molecule has 0 spiro atoms. The van der Waals surface area contributed by atoms with Crippen molar-refractivity contribution in [2.45, 2.75) is 6.92 Å². The van der Waals surface area contributed by atoms with Crippen molar-refractivity contribution in [2.24, 2.45) is 0 Å². The van der Waals surface area contributed by atoms with Crippen LogP contribution in [-0.4, -0.2) is 9.97 Å². The summed E-state index contributed by atoms with van der Waals surface area (Å²) in [7, 11) is 0. The molecule has 0 N–H and O–H groups in total. The van der Waals surface area contributed by atoms with E-state index < -0.39 is 0 Å². The quantitative estimate of drug-likeness (QED) is 0.113. The molecule has 3 heterocycles. The molecule has 0 amide bonds. The molecule has 0 radical (unpaired) electrons. The van der Waals surface area contributed by atoms with Crippen LogP contribution in [0, 0.1) is 0 Å². The summed E-state index contributed by atoms with van der Waals surface area (Å²) < 4.78 is 12.5. The SMILES string of the molecule is C=C/C=C(\C=C(/C)c1cccc(-c2ccc3c(c2)oc2ccccc23)c1)c1ccc2c3ccc(-c4cccc(-c5cccc(-c6ccc7c(c6)oc6ccccc67)c5)c4)cc3c3nccnc3c2c1. The lowest BCUT2D eigenvalue weighted by Crippen LogP contribution is -1.91. The Morgan fingerprint density at radius 2 is 0.826 bits per heavy atom. The summed E-state index contributed by atoms with van der Waals surface area (Å²) in [4.78, 5) is 9.94. The molecule has 0 saturated carbocycles. The van der Waals surface area contributed by atoms with Gasteiger partial charge in [-0.05, 0) is 151 Å². The Balaban J connectivity index is 0.826. The standard InChI is InChI=1S/C65H42N2O2/c1-3-11-42(32-40(2)41-12-8-13-43(33-41)50-24-28-56-54-18-4-6-20-60(54)68-62(56)38-50)48-22-26-52-53-27-23-49(37-59(53)65-64(58(52)36-48)66-30-31-67-65)46-16-9-14-44(34-46)45-15-10-17-47(35-45)51-25-29-57-55-19-5-7-21-61(55)69-63(57)39-51/h3-39H,1H2,2H3/b40-32+,42-11+. The van der Waals surface area contributed by atoms with E-state index in [0.717, 1.165) is 143 Å². The van der Waals surface area contributed by atoms with Crippen LogP contribution < -0.4 is 0 Å². The van der Waals surface area contributed by atoms with Crippen molar-refractivity contribution in [2.75, 3.05) is 0 Å². The minimum atomic E-state index is 0.873. The van der Waals surface area contributed by atoms with Crippen molar-refractivity contribution in [3.05, 3.63) is 242 Å². The first-order valence-corrected chi connectivity index (χ1v) is 23.3. The molecule has 4 heteroatoms. The topological polar surface area (TPSA) is 52.1 Å². The van der Waals surface area contributed by atoms with E-state index in [4.69, 9.17) is 18.8 Å². The molecule has 0 unspecified atom stereocenters. The van der Waals surface area contributed by atoms with E-state index in [1.54, 1.807) is 12.4 Å². The van der Waals surface area contributed by atoms with Crippen LogP contribution in [0.3, 0.4) is 0 Å². The normalized spacial score (nSPS) is 12.4. The number of fused-ring (bicyclic) bond motifs is 12. The van der Waals surface area contributed by atoms with Gasteiger partial charge in [-0.2, -0.15) is 0 Å². The highest BCUT2D eigenvalue weighted by molar-refractivity contribution is 6.24. The fraction of sp³-hybridized carbons (Fsp3) is 0.0154. The van der Waals surface area contributed by atoms with Crippen LogP contribution in [0.25, 0.3) is 132 Å². The molecule has 4 nitrogen and oxygen atoms in total. The molecule has 0 aliphatic carbocycles. The van der Waals surface area contributed by atoms with Gasteiger partial charge in [0.2, 0.25) is 0 Å². The number of hydrogen-bond acceptors (Lipinski definition) is 4. The lowest BCUT2D eigenvalue weighted by Gasteiger charge is -2.13. The molecule has 0 bridgehead atoms. The number of furan rings is 2. The summed E-state index contributed by atoms with van der Waals surface area (Å²) >= 11 is 0. The molecular formula is C65H42N2O2. The zero-order valence-electron chi connectivity index (χ0n) is 37.8. The molecule has 13 rings (SSSR count). The number of allylic oxidation sites excluding steroid dienone is 5. The molecule has 3 aromatic heterocycles. The summed E-state index contributed by atoms with van der Waals surface area (Å²) in [6.45, 7) is 6.27. The summed E-state index contributed by atoms with van der Waals surface area (Å²) in [5.41, 5.74) is 18.8. The zero-order valence-corrected chi connectivity index (χ0v) is 37.8. The molecule has 0 atom stereocenters. The Hall–Kier alpha value is -9.12. The van der Waals surface area contributed by atoms with Gasteiger partial charge < -0.3 is 8.83 Å². The van der Waals surface area contributed by atoms with Crippen LogP contribution in [0.4, 0.5) is 0 Å². The third kappa shape index (κ3) is 7.01. The molecule has 10 aromatic carbocycles. The largest absolute Gasteiger partial charge is 0.456 e. The van der Waals surface area contributed by atoms with Crippen molar-refractivity contribution in [3.63, 3.8) is 0 Å². The third-order valence-corrected chi connectivity index (χ3v) is 13.7. The smallest absolute Gasteiger partial charge is 0.136 e. The highest BCUT2D eigenvalue weighted by atomic mass is 16.3. The van der Waals surface area contributed by atoms with Crippen molar-refractivity contribution in [1.29, 1.82) is 0 Å². The Bertz CT molecular complexity index is 4280. The van der Waals surface area contributed by atoms with Crippen molar-refractivity contribution in [1.82, 2.24) is 9.97 Å². The van der Waals surface area contributed by atoms with Crippen LogP contribution in [0.5, 0.6) is 0 Å². The van der Waals surface area contributed by atoms with E-state index in [1.807, 2.05) is 30.3 Å². The van der Waals surface area contributed by atoms with E-state index in [2.05, 4.69) is 196 Å². The van der Waals surface area contributed by atoms with Crippen LogP contribution in [-0.2, 0) is 0 Å². The lowest BCUT2D eigenvalue weighted by molar-refractivity contribution is 0.668. The van der Waals surface area contributed by atoms with Gasteiger partial charge in [-0.1, -0.05) is 152 Å². The van der Waals surface area contributed by atoms with Gasteiger partial charge in [0.05, 0.1) is 11.0 Å². The fourth-order valence-corrected chi connectivity index (χ4v) is 10.2. The first kappa shape index (κ1) is 40.2. The van der Waals surface area contributed by atoms with E-state index >= 15 is 0 Å². The zero-order chi connectivity index (χ0) is 46.0. The number of aromatic nitrogens is 2. The van der Waals surface area contributed by atoms with Gasteiger partial charge >= 0.3 is 0 Å². The van der Waals surface area contributed by atoms with Gasteiger partial charge in [0, 0.05) is 44.7 Å². The molecule has 0 fully saturated rings. The van der Waals surface area contributed by atoms with Gasteiger partial charge in [-0.15, -0.1) is 0 Å². The van der Waals surface area contributed by atoms with Gasteiger partial charge in [0.25, 0.3) is 0 Å². The molecular weight excluding hydrogens is 841 g/mol. The minimum absolute atomic E-state index is 0.873. The second-order valence-electron chi connectivity index (χ2n) is 17.8. The number of para-hydroxylation sites is 2. The molecule has 0 aliphatic rings.